The highest BCUT2D eigenvalue weighted by Gasteiger charge is 2.31. The maximum Gasteiger partial charge on any atom is 0.257 e. The van der Waals surface area contributed by atoms with Gasteiger partial charge in [-0.2, -0.15) is 0 Å². The van der Waals surface area contributed by atoms with Crippen molar-refractivity contribution in [2.75, 3.05) is 39.2 Å². The average molecular weight is 486 g/mol. The van der Waals surface area contributed by atoms with Gasteiger partial charge in [0.2, 0.25) is 5.91 Å². The molecular weight excluding hydrogens is 453 g/mol. The molecule has 1 N–H and O–H groups in total. The highest BCUT2D eigenvalue weighted by atomic mass is 19.1. The van der Waals surface area contributed by atoms with E-state index < -0.39 is 5.82 Å². The minimum atomic E-state index is -0.414. The summed E-state index contributed by atoms with van der Waals surface area (Å²) < 4.78 is 25.2. The summed E-state index contributed by atoms with van der Waals surface area (Å²) in [4.78, 5) is 41.5. The standard InChI is InChI=1S/C26H32FN3O5/c1-16-13-30(25(32)19-6-8-20(27)9-7-19)17(2)15-35-23-11-10-21(28-18(3)31)12-22(23)26(33)29(4)14-24(16)34-5/h6-12,16-17,24H,13-15H2,1-5H3,(H,28,31)/t16-,17+,24+/m1/s1. The maximum absolute atomic E-state index is 13.4. The fraction of sp³-hybridized carbons (Fsp3) is 0.423. The van der Waals surface area contributed by atoms with E-state index in [1.807, 2.05) is 13.8 Å². The molecule has 0 aromatic heterocycles. The molecule has 1 aliphatic rings. The van der Waals surface area contributed by atoms with E-state index in [0.717, 1.165) is 0 Å². The third kappa shape index (κ3) is 6.36. The fourth-order valence-corrected chi connectivity index (χ4v) is 4.10. The van der Waals surface area contributed by atoms with Crippen molar-refractivity contribution < 1.29 is 28.2 Å². The van der Waals surface area contributed by atoms with Crippen molar-refractivity contribution in [3.05, 3.63) is 59.4 Å². The van der Waals surface area contributed by atoms with Crippen LogP contribution in [0.15, 0.2) is 42.5 Å². The smallest absolute Gasteiger partial charge is 0.257 e. The van der Waals surface area contributed by atoms with Crippen molar-refractivity contribution >= 4 is 23.4 Å². The summed E-state index contributed by atoms with van der Waals surface area (Å²) in [7, 11) is 3.25. The lowest BCUT2D eigenvalue weighted by Gasteiger charge is -2.36. The number of rotatable bonds is 3. The number of methoxy groups -OCH3 is 1. The summed E-state index contributed by atoms with van der Waals surface area (Å²) >= 11 is 0. The molecule has 0 unspecified atom stereocenters. The lowest BCUT2D eigenvalue weighted by Crippen LogP contribution is -2.48. The number of likely N-dealkylation sites (N-methyl/N-ethyl adjacent to an activating group) is 1. The van der Waals surface area contributed by atoms with E-state index in [9.17, 15) is 18.8 Å². The first-order valence-corrected chi connectivity index (χ1v) is 11.5. The van der Waals surface area contributed by atoms with E-state index in [1.165, 1.54) is 31.2 Å². The van der Waals surface area contributed by atoms with Crippen LogP contribution >= 0.6 is 0 Å². The van der Waals surface area contributed by atoms with Crippen molar-refractivity contribution in [3.8, 4) is 5.75 Å². The maximum atomic E-state index is 13.4. The van der Waals surface area contributed by atoms with Crippen LogP contribution in [0, 0.1) is 11.7 Å². The highest BCUT2D eigenvalue weighted by Crippen LogP contribution is 2.27. The molecule has 2 aromatic rings. The largest absolute Gasteiger partial charge is 0.491 e. The van der Waals surface area contributed by atoms with Crippen LogP contribution in [0.25, 0.3) is 0 Å². The SMILES string of the molecule is CO[C@H]1CN(C)C(=O)c2cc(NC(C)=O)ccc2OC[C@H](C)N(C(=O)c2ccc(F)cc2)C[C@H]1C. The van der Waals surface area contributed by atoms with Crippen molar-refractivity contribution in [1.82, 2.24) is 9.80 Å². The number of amides is 3. The topological polar surface area (TPSA) is 88.2 Å². The molecule has 3 atom stereocenters. The van der Waals surface area contributed by atoms with Gasteiger partial charge in [-0.05, 0) is 49.4 Å². The number of fused-ring (bicyclic) bond motifs is 1. The molecule has 8 nitrogen and oxygen atoms in total. The van der Waals surface area contributed by atoms with Crippen LogP contribution in [-0.4, -0.2) is 73.5 Å². The molecule has 35 heavy (non-hydrogen) atoms. The zero-order valence-electron chi connectivity index (χ0n) is 20.7. The lowest BCUT2D eigenvalue weighted by atomic mass is 10.0. The molecule has 1 heterocycles. The Morgan fingerprint density at radius 1 is 1.11 bits per heavy atom. The van der Waals surface area contributed by atoms with E-state index in [-0.39, 0.29) is 48.9 Å². The van der Waals surface area contributed by atoms with Crippen molar-refractivity contribution in [2.45, 2.75) is 32.9 Å². The Kier molecular flexibility index (Phi) is 8.45. The molecular formula is C26H32FN3O5. The molecule has 0 fully saturated rings. The first kappa shape index (κ1) is 26.2. The molecule has 1 aliphatic heterocycles. The van der Waals surface area contributed by atoms with Gasteiger partial charge in [-0.15, -0.1) is 0 Å². The van der Waals surface area contributed by atoms with Crippen LogP contribution in [-0.2, 0) is 9.53 Å². The second-order valence-corrected chi connectivity index (χ2v) is 8.95. The third-order valence-electron chi connectivity index (χ3n) is 6.12. The average Bonchev–Trinajstić information content (AvgIpc) is 2.83. The van der Waals surface area contributed by atoms with Gasteiger partial charge in [0.15, 0.2) is 0 Å². The minimum absolute atomic E-state index is 0.119. The fourth-order valence-electron chi connectivity index (χ4n) is 4.10. The zero-order chi connectivity index (χ0) is 25.7. The summed E-state index contributed by atoms with van der Waals surface area (Å²) in [5, 5.41) is 2.69. The number of hydrogen-bond donors (Lipinski definition) is 1. The first-order chi connectivity index (χ1) is 16.6. The molecule has 0 saturated carbocycles. The Morgan fingerprint density at radius 3 is 2.43 bits per heavy atom. The molecule has 0 radical (unpaired) electrons. The predicted molar refractivity (Wildman–Crippen MR) is 130 cm³/mol. The zero-order valence-corrected chi connectivity index (χ0v) is 20.7. The number of nitrogens with one attached hydrogen (secondary N) is 1. The van der Waals surface area contributed by atoms with Gasteiger partial charge in [0.25, 0.3) is 11.8 Å². The van der Waals surface area contributed by atoms with Gasteiger partial charge in [-0.25, -0.2) is 4.39 Å². The van der Waals surface area contributed by atoms with Crippen molar-refractivity contribution in [2.24, 2.45) is 5.92 Å². The van der Waals surface area contributed by atoms with E-state index in [1.54, 1.807) is 42.2 Å². The Hall–Kier alpha value is -3.46. The van der Waals surface area contributed by atoms with Crippen LogP contribution in [0.5, 0.6) is 5.75 Å². The van der Waals surface area contributed by atoms with Gasteiger partial charge in [-0.1, -0.05) is 6.92 Å². The molecule has 2 aromatic carbocycles. The number of carbonyl (C=O) groups excluding carboxylic acids is 3. The van der Waals surface area contributed by atoms with Gasteiger partial charge in [0.05, 0.1) is 17.7 Å². The monoisotopic (exact) mass is 485 g/mol. The van der Waals surface area contributed by atoms with Gasteiger partial charge >= 0.3 is 0 Å². The molecule has 3 rings (SSSR count). The molecule has 9 heteroatoms. The molecule has 0 bridgehead atoms. The van der Waals surface area contributed by atoms with E-state index >= 15 is 0 Å². The summed E-state index contributed by atoms with van der Waals surface area (Å²) in [6.07, 6.45) is -0.345. The molecule has 188 valence electrons. The second-order valence-electron chi connectivity index (χ2n) is 8.95. The summed E-state index contributed by atoms with van der Waals surface area (Å²) in [5.41, 5.74) is 1.15. The third-order valence-corrected chi connectivity index (χ3v) is 6.12. The van der Waals surface area contributed by atoms with Gasteiger partial charge in [0.1, 0.15) is 18.2 Å². The van der Waals surface area contributed by atoms with Crippen LogP contribution in [0.3, 0.4) is 0 Å². The molecule has 3 amide bonds. The van der Waals surface area contributed by atoms with E-state index in [2.05, 4.69) is 5.32 Å². The van der Waals surface area contributed by atoms with Crippen molar-refractivity contribution in [3.63, 3.8) is 0 Å². The van der Waals surface area contributed by atoms with Crippen molar-refractivity contribution in [1.29, 1.82) is 0 Å². The Bertz CT molecular complexity index is 1080. The minimum Gasteiger partial charge on any atom is -0.491 e. The quantitative estimate of drug-likeness (QED) is 0.720. The van der Waals surface area contributed by atoms with E-state index in [4.69, 9.17) is 9.47 Å². The number of benzene rings is 2. The molecule has 0 saturated heterocycles. The Labute approximate surface area is 205 Å². The number of hydrogen-bond acceptors (Lipinski definition) is 5. The molecule has 0 spiro atoms. The second kappa shape index (κ2) is 11.3. The lowest BCUT2D eigenvalue weighted by molar-refractivity contribution is -0.114. The highest BCUT2D eigenvalue weighted by molar-refractivity contribution is 5.99. The Morgan fingerprint density at radius 2 is 1.80 bits per heavy atom. The number of anilines is 1. The first-order valence-electron chi connectivity index (χ1n) is 11.5. The summed E-state index contributed by atoms with van der Waals surface area (Å²) in [6.45, 7) is 5.98. The number of ether oxygens (including phenoxy) is 2. The number of nitrogens with zero attached hydrogens (tertiary/aromatic N) is 2. The summed E-state index contributed by atoms with van der Waals surface area (Å²) in [5.74, 6) is -0.954. The van der Waals surface area contributed by atoms with Gasteiger partial charge < -0.3 is 24.6 Å². The van der Waals surface area contributed by atoms with Gasteiger partial charge in [-0.3, -0.25) is 14.4 Å². The predicted octanol–water partition coefficient (Wildman–Crippen LogP) is 3.43. The molecule has 0 aliphatic carbocycles. The number of halogens is 1. The van der Waals surface area contributed by atoms with Gasteiger partial charge in [0, 0.05) is 51.3 Å². The van der Waals surface area contributed by atoms with Crippen LogP contribution < -0.4 is 10.1 Å². The van der Waals surface area contributed by atoms with E-state index in [0.29, 0.717) is 29.1 Å². The normalized spacial score (nSPS) is 21.3. The van der Waals surface area contributed by atoms with Crippen LogP contribution in [0.1, 0.15) is 41.5 Å². The summed E-state index contributed by atoms with van der Waals surface area (Å²) in [6, 6.07) is 9.96. The Balaban J connectivity index is 1.99. The number of carbonyl (C=O) groups is 3. The van der Waals surface area contributed by atoms with Crippen LogP contribution in [0.2, 0.25) is 0 Å². The van der Waals surface area contributed by atoms with Crippen LogP contribution in [0.4, 0.5) is 10.1 Å².